The number of hydrogen-bond acceptors (Lipinski definition) is 3. The fraction of sp³-hybridized carbons (Fsp3) is 0.500. The van der Waals surface area contributed by atoms with Crippen molar-refractivity contribution >= 4 is 33.3 Å². The lowest BCUT2D eigenvalue weighted by molar-refractivity contribution is 0.597. The Labute approximate surface area is 114 Å². The van der Waals surface area contributed by atoms with Crippen LogP contribution in [0.5, 0.6) is 0 Å². The standard InChI is InChI=1S/C12H16BrN3S/c1-2-5-10(8-13)9-17-12-15-14-11-6-3-4-7-16(11)12/h3-4,6-7,10H,2,5,8-9H2,1H3. The molecule has 0 radical (unpaired) electrons. The van der Waals surface area contributed by atoms with Crippen molar-refractivity contribution in [2.75, 3.05) is 11.1 Å². The molecule has 2 aromatic rings. The second kappa shape index (κ2) is 6.40. The third-order valence-corrected chi connectivity index (χ3v) is 4.74. The number of hydrogen-bond donors (Lipinski definition) is 0. The van der Waals surface area contributed by atoms with Crippen molar-refractivity contribution in [1.82, 2.24) is 14.6 Å². The molecule has 0 spiro atoms. The molecule has 0 saturated carbocycles. The highest BCUT2D eigenvalue weighted by molar-refractivity contribution is 9.09. The SMILES string of the molecule is CCCC(CBr)CSc1nnc2ccccn12. The Hall–Kier alpha value is -0.550. The van der Waals surface area contributed by atoms with Crippen LogP contribution < -0.4 is 0 Å². The van der Waals surface area contributed by atoms with Crippen molar-refractivity contribution < 1.29 is 0 Å². The van der Waals surface area contributed by atoms with Crippen LogP contribution in [0.4, 0.5) is 0 Å². The van der Waals surface area contributed by atoms with Crippen molar-refractivity contribution in [3.05, 3.63) is 24.4 Å². The Balaban J connectivity index is 2.03. The van der Waals surface area contributed by atoms with E-state index in [4.69, 9.17) is 0 Å². The number of thioether (sulfide) groups is 1. The minimum absolute atomic E-state index is 0.709. The number of rotatable bonds is 6. The monoisotopic (exact) mass is 313 g/mol. The van der Waals surface area contributed by atoms with Gasteiger partial charge in [0.1, 0.15) is 0 Å². The zero-order valence-corrected chi connectivity index (χ0v) is 12.2. The van der Waals surface area contributed by atoms with Gasteiger partial charge in [0.05, 0.1) is 0 Å². The summed E-state index contributed by atoms with van der Waals surface area (Å²) in [5.41, 5.74) is 0.917. The van der Waals surface area contributed by atoms with E-state index in [1.807, 2.05) is 28.8 Å². The van der Waals surface area contributed by atoms with Crippen molar-refractivity contribution in [3.63, 3.8) is 0 Å². The van der Waals surface area contributed by atoms with Gasteiger partial charge >= 0.3 is 0 Å². The normalized spacial score (nSPS) is 13.1. The van der Waals surface area contributed by atoms with Crippen LogP contribution in [0.2, 0.25) is 0 Å². The fourth-order valence-electron chi connectivity index (χ4n) is 1.72. The summed E-state index contributed by atoms with van der Waals surface area (Å²) in [6.45, 7) is 2.23. The maximum atomic E-state index is 4.22. The summed E-state index contributed by atoms with van der Waals surface area (Å²) in [6, 6.07) is 5.97. The molecule has 0 aliphatic carbocycles. The molecule has 0 amide bonds. The van der Waals surface area contributed by atoms with Crippen LogP contribution in [-0.2, 0) is 0 Å². The Bertz CT molecular complexity index is 471. The van der Waals surface area contributed by atoms with Crippen molar-refractivity contribution in [3.8, 4) is 0 Å². The zero-order valence-electron chi connectivity index (χ0n) is 9.84. The second-order valence-electron chi connectivity index (χ2n) is 4.03. The molecule has 2 heterocycles. The van der Waals surface area contributed by atoms with Crippen LogP contribution in [0.15, 0.2) is 29.6 Å². The van der Waals surface area contributed by atoms with E-state index in [9.17, 15) is 0 Å². The van der Waals surface area contributed by atoms with E-state index in [1.54, 1.807) is 11.8 Å². The van der Waals surface area contributed by atoms with Gasteiger partial charge in [-0.3, -0.25) is 4.40 Å². The first-order chi connectivity index (χ1) is 8.35. The lowest BCUT2D eigenvalue weighted by atomic mass is 10.1. The minimum Gasteiger partial charge on any atom is -0.277 e. The smallest absolute Gasteiger partial charge is 0.195 e. The minimum atomic E-state index is 0.709. The lowest BCUT2D eigenvalue weighted by Gasteiger charge is -2.10. The Morgan fingerprint density at radius 2 is 2.29 bits per heavy atom. The number of alkyl halides is 1. The molecule has 1 atom stereocenters. The van der Waals surface area contributed by atoms with E-state index in [0.29, 0.717) is 5.92 Å². The summed E-state index contributed by atoms with van der Waals surface area (Å²) >= 11 is 5.36. The molecule has 2 rings (SSSR count). The third-order valence-electron chi connectivity index (χ3n) is 2.65. The van der Waals surface area contributed by atoms with Crippen molar-refractivity contribution in [2.45, 2.75) is 24.9 Å². The van der Waals surface area contributed by atoms with Gasteiger partial charge in [0.2, 0.25) is 0 Å². The van der Waals surface area contributed by atoms with Gasteiger partial charge in [-0.2, -0.15) is 0 Å². The zero-order chi connectivity index (χ0) is 12.1. The van der Waals surface area contributed by atoms with Gasteiger partial charge in [0.25, 0.3) is 0 Å². The van der Waals surface area contributed by atoms with E-state index >= 15 is 0 Å². The molecular formula is C12H16BrN3S. The molecule has 0 bridgehead atoms. The highest BCUT2D eigenvalue weighted by Gasteiger charge is 2.10. The van der Waals surface area contributed by atoms with E-state index in [0.717, 1.165) is 21.9 Å². The van der Waals surface area contributed by atoms with Crippen LogP contribution in [0.1, 0.15) is 19.8 Å². The van der Waals surface area contributed by atoms with Crippen LogP contribution in [0.3, 0.4) is 0 Å². The maximum Gasteiger partial charge on any atom is 0.195 e. The van der Waals surface area contributed by atoms with Gasteiger partial charge in [0.15, 0.2) is 10.8 Å². The van der Waals surface area contributed by atoms with Crippen LogP contribution >= 0.6 is 27.7 Å². The molecule has 3 nitrogen and oxygen atoms in total. The summed E-state index contributed by atoms with van der Waals surface area (Å²) in [5, 5.41) is 10.4. The van der Waals surface area contributed by atoms with Crippen LogP contribution in [-0.4, -0.2) is 25.7 Å². The summed E-state index contributed by atoms with van der Waals surface area (Å²) in [7, 11) is 0. The Kier molecular flexibility index (Phi) is 4.86. The van der Waals surface area contributed by atoms with Crippen molar-refractivity contribution in [1.29, 1.82) is 0 Å². The van der Waals surface area contributed by atoms with Gasteiger partial charge < -0.3 is 0 Å². The lowest BCUT2D eigenvalue weighted by Crippen LogP contribution is -2.05. The number of fused-ring (bicyclic) bond motifs is 1. The van der Waals surface area contributed by atoms with E-state index < -0.39 is 0 Å². The first kappa shape index (κ1) is 12.9. The molecule has 5 heteroatoms. The van der Waals surface area contributed by atoms with Gasteiger partial charge in [-0.15, -0.1) is 10.2 Å². The second-order valence-corrected chi connectivity index (χ2v) is 5.67. The molecule has 0 aromatic carbocycles. The molecule has 0 saturated heterocycles. The fourth-order valence-corrected chi connectivity index (χ4v) is 3.64. The number of nitrogens with zero attached hydrogens (tertiary/aromatic N) is 3. The topological polar surface area (TPSA) is 30.2 Å². The van der Waals surface area contributed by atoms with Gasteiger partial charge in [-0.25, -0.2) is 0 Å². The summed E-state index contributed by atoms with van der Waals surface area (Å²) in [4.78, 5) is 0. The van der Waals surface area contributed by atoms with Crippen molar-refractivity contribution in [2.24, 2.45) is 5.92 Å². The molecule has 92 valence electrons. The average molecular weight is 314 g/mol. The van der Waals surface area contributed by atoms with E-state index in [-0.39, 0.29) is 0 Å². The van der Waals surface area contributed by atoms with Crippen LogP contribution in [0, 0.1) is 5.92 Å². The molecule has 0 fully saturated rings. The molecule has 0 aliphatic heterocycles. The van der Waals surface area contributed by atoms with Gasteiger partial charge in [0, 0.05) is 17.3 Å². The van der Waals surface area contributed by atoms with Gasteiger partial charge in [-0.05, 0) is 24.5 Å². The summed E-state index contributed by atoms with van der Waals surface area (Å²) < 4.78 is 2.04. The average Bonchev–Trinajstić information content (AvgIpc) is 2.78. The van der Waals surface area contributed by atoms with Crippen LogP contribution in [0.25, 0.3) is 5.65 Å². The van der Waals surface area contributed by atoms with Gasteiger partial charge in [-0.1, -0.05) is 47.1 Å². The molecule has 1 unspecified atom stereocenters. The number of halogens is 1. The number of aromatic nitrogens is 3. The van der Waals surface area contributed by atoms with E-state index in [2.05, 4.69) is 33.1 Å². The molecule has 2 aromatic heterocycles. The largest absolute Gasteiger partial charge is 0.277 e. The first-order valence-corrected chi connectivity index (χ1v) is 7.94. The highest BCUT2D eigenvalue weighted by atomic mass is 79.9. The molecular weight excluding hydrogens is 298 g/mol. The number of pyridine rings is 1. The Morgan fingerprint density at radius 3 is 3.06 bits per heavy atom. The first-order valence-electron chi connectivity index (χ1n) is 5.83. The Morgan fingerprint density at radius 1 is 1.41 bits per heavy atom. The third kappa shape index (κ3) is 3.22. The quantitative estimate of drug-likeness (QED) is 0.602. The summed E-state index contributed by atoms with van der Waals surface area (Å²) in [6.07, 6.45) is 4.51. The van der Waals surface area contributed by atoms with E-state index in [1.165, 1.54) is 12.8 Å². The highest BCUT2D eigenvalue weighted by Crippen LogP contribution is 2.22. The molecule has 0 N–H and O–H groups in total. The maximum absolute atomic E-state index is 4.22. The predicted molar refractivity (Wildman–Crippen MR) is 75.9 cm³/mol. The molecule has 17 heavy (non-hydrogen) atoms. The summed E-state index contributed by atoms with van der Waals surface area (Å²) in [5.74, 6) is 1.80. The predicted octanol–water partition coefficient (Wildman–Crippen LogP) is 3.63. The molecule has 0 aliphatic rings.